The van der Waals surface area contributed by atoms with Crippen molar-refractivity contribution in [2.75, 3.05) is 90.4 Å². The zero-order valence-corrected chi connectivity index (χ0v) is 44.5. The minimum Gasteiger partial charge on any atom is -0.481 e. The number of rotatable bonds is 20. The van der Waals surface area contributed by atoms with Crippen molar-refractivity contribution in [3.63, 3.8) is 0 Å². The molecule has 2 aromatic carbocycles. The van der Waals surface area contributed by atoms with Crippen LogP contribution in [0.4, 0.5) is 11.4 Å². The maximum atomic E-state index is 12.9. The van der Waals surface area contributed by atoms with E-state index in [4.69, 9.17) is 31.9 Å². The fourth-order valence-electron chi connectivity index (χ4n) is 4.43. The summed E-state index contributed by atoms with van der Waals surface area (Å²) < 4.78 is 2.61. The number of hydrogen-bond donors (Lipinski definition) is 14. The number of nitrogens with zero attached hydrogens (tertiary/aromatic N) is 2. The molecule has 0 aliphatic heterocycles. The van der Waals surface area contributed by atoms with Crippen LogP contribution in [0.5, 0.6) is 0 Å². The number of aliphatic hydroxyl groups excluding tert-OH is 8. The van der Waals surface area contributed by atoms with Crippen molar-refractivity contribution in [1.29, 1.82) is 0 Å². The molecular weight excluding hydrogens is 1500 g/mol. The SMILES string of the molecule is Nc1c(I)c(C(=O)NCC(O)CO)c(I)c(C(=O)N(CCO)CCO)c1I.Nc1c(I)c(C(=O)NCC(O)CO)c(I)c(C(=O)N(CCO)CCO)c1I.O=C(O)CC(=O)O. The number of benzene rings is 2. The van der Waals surface area contributed by atoms with E-state index in [1.807, 2.05) is 136 Å². The average molecular weight is 1540 g/mol. The van der Waals surface area contributed by atoms with Crippen LogP contribution in [-0.2, 0) is 9.59 Å². The molecule has 16 N–H and O–H groups in total. The Morgan fingerprint density at radius 2 is 0.754 bits per heavy atom. The molecule has 28 heteroatoms. The minimum atomic E-state index is -1.31. The zero-order valence-electron chi connectivity index (χ0n) is 31.6. The summed E-state index contributed by atoms with van der Waals surface area (Å²) in [4.78, 5) is 72.5. The van der Waals surface area contributed by atoms with Crippen molar-refractivity contribution in [1.82, 2.24) is 20.4 Å². The monoisotopic (exact) mass is 1540 g/mol. The van der Waals surface area contributed by atoms with Gasteiger partial charge in [-0.05, 0) is 136 Å². The molecule has 0 radical (unpaired) electrons. The van der Waals surface area contributed by atoms with Crippen molar-refractivity contribution in [3.05, 3.63) is 43.7 Å². The Labute approximate surface area is 430 Å². The van der Waals surface area contributed by atoms with Crippen molar-refractivity contribution in [3.8, 4) is 0 Å². The maximum absolute atomic E-state index is 12.9. The van der Waals surface area contributed by atoms with Crippen LogP contribution in [0.1, 0.15) is 47.9 Å². The summed E-state index contributed by atoms with van der Waals surface area (Å²) in [5.41, 5.74) is 13.5. The molecule has 2 atom stereocenters. The number of carbonyl (C=O) groups is 6. The van der Waals surface area contributed by atoms with Crippen LogP contribution in [0, 0.1) is 21.4 Å². The zero-order chi connectivity index (χ0) is 47.3. The van der Waals surface area contributed by atoms with Crippen molar-refractivity contribution in [2.24, 2.45) is 0 Å². The minimum absolute atomic E-state index is 0.0294. The Morgan fingerprint density at radius 3 is 0.967 bits per heavy atom. The highest BCUT2D eigenvalue weighted by molar-refractivity contribution is 14.1. The Kier molecular flexibility index (Phi) is 30.4. The quantitative estimate of drug-likeness (QED) is 0.0418. The number of aliphatic carboxylic acids is 2. The van der Waals surface area contributed by atoms with Gasteiger partial charge in [0.1, 0.15) is 6.42 Å². The molecule has 0 aliphatic rings. The van der Waals surface area contributed by atoms with Crippen molar-refractivity contribution in [2.45, 2.75) is 18.6 Å². The Morgan fingerprint density at radius 1 is 0.492 bits per heavy atom. The number of nitrogen functional groups attached to an aromatic ring is 2. The number of aliphatic hydroxyl groups is 8. The van der Waals surface area contributed by atoms with E-state index in [-0.39, 0.29) is 99.3 Å². The van der Waals surface area contributed by atoms with Crippen LogP contribution >= 0.6 is 136 Å². The van der Waals surface area contributed by atoms with E-state index in [1.165, 1.54) is 9.80 Å². The molecule has 0 spiro atoms. The fraction of sp³-hybridized carbons (Fsp3) is 0.455. The van der Waals surface area contributed by atoms with Gasteiger partial charge in [-0.1, -0.05) is 0 Å². The number of carbonyl (C=O) groups excluding carboxylic acids is 4. The number of carboxylic acid groups (broad SMARTS) is 2. The summed E-state index contributed by atoms with van der Waals surface area (Å²) in [5.74, 6) is -4.62. The van der Waals surface area contributed by atoms with Gasteiger partial charge in [0.2, 0.25) is 0 Å². The molecular formula is C33H44I6N6O16. The second-order valence-electron chi connectivity index (χ2n) is 11.7. The Hall–Kier alpha value is -1.08. The number of anilines is 2. The molecule has 0 bridgehead atoms. The van der Waals surface area contributed by atoms with Gasteiger partial charge in [-0.25, -0.2) is 0 Å². The summed E-state index contributed by atoms with van der Waals surface area (Å²) >= 11 is 11.5. The molecule has 0 aromatic heterocycles. The first-order valence-electron chi connectivity index (χ1n) is 17.1. The summed E-state index contributed by atoms with van der Waals surface area (Å²) in [6, 6.07) is 0. The molecule has 22 nitrogen and oxygen atoms in total. The first-order chi connectivity index (χ1) is 28.5. The largest absolute Gasteiger partial charge is 0.481 e. The first kappa shape index (κ1) is 59.9. The number of halogens is 6. The van der Waals surface area contributed by atoms with E-state index in [0.29, 0.717) is 21.4 Å². The molecule has 0 aliphatic carbocycles. The highest BCUT2D eigenvalue weighted by Crippen LogP contribution is 2.36. The molecule has 2 unspecified atom stereocenters. The standard InChI is InChI=1S/2C15H20I3N3O6.C3H4O4/c2*16-10-8(14(26)20-5-7(25)6-24)11(17)13(19)12(18)9(10)15(27)21(1-3-22)2-4-23;4-2(5)1-3(6)7/h2*7,22-25H,1-6,19H2,(H,20,26);1H2,(H,4,5)(H,6,7). The molecule has 61 heavy (non-hydrogen) atoms. The smallest absolute Gasteiger partial charge is 0.314 e. The van der Waals surface area contributed by atoms with Gasteiger partial charge in [0.15, 0.2) is 0 Å². The van der Waals surface area contributed by atoms with Gasteiger partial charge in [0.25, 0.3) is 23.6 Å². The van der Waals surface area contributed by atoms with Crippen molar-refractivity contribution < 1.29 is 79.8 Å². The maximum Gasteiger partial charge on any atom is 0.314 e. The second-order valence-corrected chi connectivity index (χ2v) is 18.2. The lowest BCUT2D eigenvalue weighted by Crippen LogP contribution is -2.38. The fourth-order valence-corrected chi connectivity index (χ4v) is 12.7. The number of amides is 4. The third-order valence-corrected chi connectivity index (χ3v) is 14.0. The average Bonchev–Trinajstić information content (AvgIpc) is 3.20. The predicted octanol–water partition coefficient (Wildman–Crippen LogP) is -1.27. The van der Waals surface area contributed by atoms with Crippen molar-refractivity contribution >= 4 is 182 Å². The molecule has 2 rings (SSSR count). The lowest BCUT2D eigenvalue weighted by molar-refractivity contribution is -0.147. The molecule has 344 valence electrons. The van der Waals surface area contributed by atoms with Crippen LogP contribution in [0.15, 0.2) is 0 Å². The lowest BCUT2D eigenvalue weighted by Gasteiger charge is -2.24. The first-order valence-corrected chi connectivity index (χ1v) is 23.5. The molecule has 4 amide bonds. The van der Waals surface area contributed by atoms with Gasteiger partial charge in [-0.2, -0.15) is 0 Å². The Bertz CT molecular complexity index is 1720. The molecule has 0 heterocycles. The lowest BCUT2D eigenvalue weighted by atomic mass is 10.1. The summed E-state index contributed by atoms with van der Waals surface area (Å²) in [6.07, 6.45) is -3.01. The van der Waals surface area contributed by atoms with Crippen LogP contribution in [0.2, 0.25) is 0 Å². The normalized spacial score (nSPS) is 11.5. The predicted molar refractivity (Wildman–Crippen MR) is 269 cm³/mol. The van der Waals surface area contributed by atoms with E-state index in [2.05, 4.69) is 10.6 Å². The van der Waals surface area contributed by atoms with E-state index < -0.39 is 67.4 Å². The number of carboxylic acids is 2. The Balaban J connectivity index is 0.00000102. The summed E-state index contributed by atoms with van der Waals surface area (Å²) in [6.45, 7) is -2.27. The van der Waals surface area contributed by atoms with Crippen LogP contribution in [0.3, 0.4) is 0 Å². The van der Waals surface area contributed by atoms with E-state index >= 15 is 0 Å². The summed E-state index contributed by atoms with van der Waals surface area (Å²) in [7, 11) is 0. The topological polar surface area (TPSA) is 387 Å². The number of nitrogens with one attached hydrogen (secondary N) is 2. The van der Waals surface area contributed by atoms with Crippen LogP contribution in [-0.4, -0.2) is 188 Å². The van der Waals surface area contributed by atoms with Gasteiger partial charge in [-0.3, -0.25) is 28.8 Å². The van der Waals surface area contributed by atoms with Crippen LogP contribution < -0.4 is 22.1 Å². The van der Waals surface area contributed by atoms with Gasteiger partial charge < -0.3 is 83.0 Å². The van der Waals surface area contributed by atoms with Gasteiger partial charge in [0.05, 0.1) is 99.8 Å². The third-order valence-electron chi connectivity index (χ3n) is 7.36. The summed E-state index contributed by atoms with van der Waals surface area (Å²) in [5, 5.41) is 93.7. The molecule has 0 saturated carbocycles. The van der Waals surface area contributed by atoms with E-state index in [9.17, 15) is 59.4 Å². The molecule has 0 fully saturated rings. The van der Waals surface area contributed by atoms with E-state index in [0.717, 1.165) is 0 Å². The second kappa shape index (κ2) is 30.9. The number of hydrogen-bond acceptors (Lipinski definition) is 16. The number of nitrogens with two attached hydrogens (primary N) is 2. The van der Waals surface area contributed by atoms with Crippen LogP contribution in [0.25, 0.3) is 0 Å². The molecule has 0 saturated heterocycles. The van der Waals surface area contributed by atoms with Gasteiger partial charge in [-0.15, -0.1) is 0 Å². The van der Waals surface area contributed by atoms with Gasteiger partial charge in [0, 0.05) is 46.4 Å². The highest BCUT2D eigenvalue weighted by Gasteiger charge is 2.31. The van der Waals surface area contributed by atoms with Gasteiger partial charge >= 0.3 is 11.9 Å². The highest BCUT2D eigenvalue weighted by atomic mass is 127. The molecule has 2 aromatic rings. The van der Waals surface area contributed by atoms with E-state index in [1.54, 1.807) is 0 Å². The third kappa shape index (κ3) is 18.7.